The van der Waals surface area contributed by atoms with Gasteiger partial charge in [-0.15, -0.1) is 0 Å². The monoisotopic (exact) mass is 1140 g/mol. The second kappa shape index (κ2) is 20.3. The number of hydrogen-bond acceptors (Lipinski definition) is 4. The predicted octanol–water partition coefficient (Wildman–Crippen LogP) is 11.9. The molecule has 0 saturated heterocycles. The van der Waals surface area contributed by atoms with E-state index in [1.54, 1.807) is 41.5 Å². The Kier molecular flexibility index (Phi) is 16.0. The Balaban J connectivity index is 0.000000468. The van der Waals surface area contributed by atoms with Crippen molar-refractivity contribution < 1.29 is 123 Å². The van der Waals surface area contributed by atoms with Gasteiger partial charge < -0.3 is 0 Å². The highest BCUT2D eigenvalue weighted by molar-refractivity contribution is 7.90. The van der Waals surface area contributed by atoms with Crippen LogP contribution in [-0.2, 0) is 65.8 Å². The number of carbonyl (C=O) groups excluding carboxylic acids is 1. The van der Waals surface area contributed by atoms with Gasteiger partial charge in [0.05, 0.1) is 61.8 Å². The molecule has 1 heterocycles. The first-order chi connectivity index (χ1) is 34.2. The van der Waals surface area contributed by atoms with Crippen molar-refractivity contribution in [1.82, 2.24) is 4.98 Å². The molecule has 1 aromatic heterocycles. The smallest absolute Gasteiger partial charge is 0.287 e. The number of Topliss-reactive ketones (excluding diaryl/α,β-unsaturated/α-hetero) is 1. The summed E-state index contributed by atoms with van der Waals surface area (Å²) in [6, 6.07) is -2.75. The summed E-state index contributed by atoms with van der Waals surface area (Å²) < 4.78 is 365. The molecule has 410 valence electrons. The first-order valence-corrected chi connectivity index (χ1v) is 22.1. The molecule has 6 aromatic rings. The maximum Gasteiger partial charge on any atom is 0.416 e. The fourth-order valence-electron chi connectivity index (χ4n) is 7.68. The van der Waals surface area contributed by atoms with Gasteiger partial charge in [-0.05, 0) is 36.4 Å². The molecule has 0 unspecified atom stereocenters. The lowest BCUT2D eigenvalue weighted by atomic mass is 9.12. The molecule has 0 radical (unpaired) electrons. The number of ketones is 1. The molecule has 0 spiro atoms. The van der Waals surface area contributed by atoms with Gasteiger partial charge in [0.1, 0.15) is 6.15 Å². The lowest BCUT2D eigenvalue weighted by Crippen LogP contribution is -2.75. The normalized spacial score (nSPS) is 13.5. The molecule has 0 aliphatic carbocycles. The van der Waals surface area contributed by atoms with E-state index in [9.17, 15) is 119 Å². The van der Waals surface area contributed by atoms with Crippen LogP contribution in [0.1, 0.15) is 54.9 Å². The molecule has 0 amide bonds. The topological polar surface area (TPSA) is 68.0 Å². The number of benzene rings is 5. The van der Waals surface area contributed by atoms with E-state index in [1.165, 1.54) is 12.1 Å². The largest absolute Gasteiger partial charge is 0.416 e. The van der Waals surface area contributed by atoms with E-state index >= 15 is 0 Å². The van der Waals surface area contributed by atoms with Gasteiger partial charge in [-0.25, -0.2) is 8.42 Å². The fraction of sp³-hybridized carbons (Fsp3) is 0.222. The van der Waals surface area contributed by atoms with E-state index in [2.05, 4.69) is 4.98 Å². The molecule has 31 heteroatoms. The second-order valence-corrected chi connectivity index (χ2v) is 18.4. The molecule has 0 aliphatic heterocycles. The minimum Gasteiger partial charge on any atom is -0.287 e. The molecule has 0 N–H and O–H groups in total. The van der Waals surface area contributed by atoms with Crippen molar-refractivity contribution in [2.45, 2.75) is 60.9 Å². The maximum absolute atomic E-state index is 14.2. The number of rotatable bonds is 8. The highest BCUT2D eigenvalue weighted by Crippen LogP contribution is 2.41. The third-order valence-corrected chi connectivity index (χ3v) is 12.1. The van der Waals surface area contributed by atoms with Crippen LogP contribution >= 0.6 is 0 Å². The summed E-state index contributed by atoms with van der Waals surface area (Å²) in [5.74, 6) is -0.151. The molecule has 0 fully saturated rings. The number of sulfone groups is 1. The van der Waals surface area contributed by atoms with Gasteiger partial charge in [0.25, 0.3) is 0 Å². The molecular weight excluding hydrogens is 1120 g/mol. The van der Waals surface area contributed by atoms with Gasteiger partial charge in [-0.3, -0.25) is 9.78 Å². The van der Waals surface area contributed by atoms with Crippen molar-refractivity contribution in [1.29, 1.82) is 0 Å². The molecule has 0 bridgehead atoms. The molecular formula is C45H25BF24N2O3S. The highest BCUT2D eigenvalue weighted by Gasteiger charge is 2.47. The van der Waals surface area contributed by atoms with Crippen LogP contribution < -0.4 is 26.4 Å². The Hall–Kier alpha value is -6.82. The van der Waals surface area contributed by atoms with Crippen LogP contribution in [0, 0.1) is 0 Å². The van der Waals surface area contributed by atoms with Crippen molar-refractivity contribution in [3.05, 3.63) is 172 Å². The quantitative estimate of drug-likeness (QED) is 0.0659. The van der Waals surface area contributed by atoms with Crippen LogP contribution in [0.4, 0.5) is 105 Å². The molecule has 6 rings (SSSR count). The number of aromatic nitrogens is 2. The summed E-state index contributed by atoms with van der Waals surface area (Å²) in [5.41, 5.74) is -29.8. The number of alkyl halides is 24. The Labute approximate surface area is 410 Å². The molecule has 0 aliphatic rings. The van der Waals surface area contributed by atoms with Crippen LogP contribution in [0.3, 0.4) is 0 Å². The van der Waals surface area contributed by atoms with E-state index in [1.807, 2.05) is 0 Å². The fourth-order valence-corrected chi connectivity index (χ4v) is 8.35. The number of nitrogens with zero attached hydrogens (tertiary/aromatic N) is 2. The van der Waals surface area contributed by atoms with E-state index in [4.69, 9.17) is 0 Å². The van der Waals surface area contributed by atoms with Gasteiger partial charge >= 0.3 is 49.4 Å². The molecule has 5 aromatic carbocycles. The number of halogens is 24. The molecule has 0 atom stereocenters. The first kappa shape index (κ1) is 60.1. The minimum atomic E-state index is -6.13. The molecule has 5 nitrogen and oxygen atoms in total. The third kappa shape index (κ3) is 14.0. The summed E-state index contributed by atoms with van der Waals surface area (Å²) in [5, 5.41) is 0. The van der Waals surface area contributed by atoms with Crippen LogP contribution in [0.5, 0.6) is 0 Å². The van der Waals surface area contributed by atoms with Crippen LogP contribution in [0.2, 0.25) is 0 Å². The van der Waals surface area contributed by atoms with E-state index in [-0.39, 0.29) is 17.2 Å². The zero-order valence-corrected chi connectivity index (χ0v) is 37.7. The van der Waals surface area contributed by atoms with Crippen molar-refractivity contribution in [3.63, 3.8) is 0 Å². The summed E-state index contributed by atoms with van der Waals surface area (Å²) in [6.45, 7) is 0.149. The Morgan fingerprint density at radius 3 is 0.895 bits per heavy atom. The highest BCUT2D eigenvalue weighted by atomic mass is 32.2. The van der Waals surface area contributed by atoms with Gasteiger partial charge in [0, 0.05) is 11.8 Å². The molecule has 76 heavy (non-hydrogen) atoms. The predicted molar refractivity (Wildman–Crippen MR) is 218 cm³/mol. The van der Waals surface area contributed by atoms with Gasteiger partial charge in [0.2, 0.25) is 12.3 Å². The lowest BCUT2D eigenvalue weighted by molar-refractivity contribution is -0.683. The van der Waals surface area contributed by atoms with Crippen molar-refractivity contribution in [2.24, 2.45) is 0 Å². The SMILES string of the molecule is CS(=O)(=O)c1cccc(C(=O)C[n+]2ccncc2)c1.FC(F)(F)c1cc([B-](c2cc(C(F)(F)F)cc(C(F)(F)F)c2)(c2cc(C(F)(F)F)cc(C(F)(F)F)c2)c2cc(C(F)(F)F)cc(C(F)(F)F)c2)cc(C(F)(F)F)c1. The number of hydrogen-bond donors (Lipinski definition) is 0. The number of carbonyl (C=O) groups is 1. The zero-order chi connectivity index (χ0) is 57.8. The van der Waals surface area contributed by atoms with Crippen molar-refractivity contribution in [3.8, 4) is 0 Å². The van der Waals surface area contributed by atoms with Gasteiger partial charge in [-0.2, -0.15) is 132 Å². The van der Waals surface area contributed by atoms with E-state index in [0.29, 0.717) is 5.56 Å². The maximum atomic E-state index is 14.2. The Bertz CT molecular complexity index is 2790. The third-order valence-electron chi connectivity index (χ3n) is 11.0. The molecule has 0 saturated carbocycles. The summed E-state index contributed by atoms with van der Waals surface area (Å²) in [7, 11) is -3.30. The Morgan fingerprint density at radius 2 is 0.671 bits per heavy atom. The van der Waals surface area contributed by atoms with Crippen LogP contribution in [0.25, 0.3) is 0 Å². The standard InChI is InChI=1S/C32H12BF24.C13H13N2O3S/c34-25(35,36)13-1-14(26(37,38)39)6-21(5-13)33(22-7-15(27(40,41)42)2-16(8-22)28(43,44)45,23-9-17(29(46,47)48)3-18(10-23)30(49,50)51)24-11-19(31(52,53)54)4-20(12-24)32(55,56)57;1-19(17,18)12-4-2-3-11(9-12)13(16)10-15-7-5-14-6-8-15/h1-12H;2-9H,10H2,1H3/q-1;+1. The summed E-state index contributed by atoms with van der Waals surface area (Å²) in [6.07, 6.45) is -47.2. The minimum absolute atomic E-state index is 0.149. The Morgan fingerprint density at radius 1 is 0.421 bits per heavy atom. The van der Waals surface area contributed by atoms with E-state index < -0.39 is 205 Å². The average molecular weight is 1140 g/mol. The zero-order valence-electron chi connectivity index (χ0n) is 36.9. The first-order valence-electron chi connectivity index (χ1n) is 20.2. The lowest BCUT2D eigenvalue weighted by Gasteiger charge is -2.46. The average Bonchev–Trinajstić information content (AvgIpc) is 3.27. The van der Waals surface area contributed by atoms with E-state index in [0.717, 1.165) is 6.26 Å². The van der Waals surface area contributed by atoms with Crippen molar-refractivity contribution in [2.75, 3.05) is 6.26 Å². The summed E-state index contributed by atoms with van der Waals surface area (Å²) >= 11 is 0. The summed E-state index contributed by atoms with van der Waals surface area (Å²) in [4.78, 5) is 16.1. The van der Waals surface area contributed by atoms with Crippen LogP contribution in [-0.4, -0.2) is 31.6 Å². The van der Waals surface area contributed by atoms with Gasteiger partial charge in [-0.1, -0.05) is 60.7 Å². The van der Waals surface area contributed by atoms with Gasteiger partial charge in [0.15, 0.2) is 22.2 Å². The van der Waals surface area contributed by atoms with Crippen molar-refractivity contribution >= 4 is 43.6 Å². The van der Waals surface area contributed by atoms with Crippen LogP contribution in [0.15, 0.2) is 127 Å². The second-order valence-electron chi connectivity index (χ2n) is 16.4.